The molecular weight excluding hydrogens is 283 g/mol. The molecule has 0 radical (unpaired) electrons. The van der Waals surface area contributed by atoms with Crippen LogP contribution in [0.25, 0.3) is 0 Å². The van der Waals surface area contributed by atoms with Gasteiger partial charge in [0.05, 0.1) is 0 Å². The van der Waals surface area contributed by atoms with Crippen molar-refractivity contribution in [1.82, 2.24) is 11.1 Å². The molecule has 4 nitrogen and oxygen atoms in total. The van der Waals surface area contributed by atoms with E-state index in [-0.39, 0.29) is 23.1 Å². The summed E-state index contributed by atoms with van der Waals surface area (Å²) in [6, 6.07) is 5.69. The number of hydrogen-bond donors (Lipinski definition) is 3. The second-order valence-corrected chi connectivity index (χ2v) is 4.13. The van der Waals surface area contributed by atoms with Gasteiger partial charge in [-0.3, -0.25) is 0 Å². The lowest BCUT2D eigenvalue weighted by atomic mass is 9.76. The molecule has 1 rings (SSSR count). The van der Waals surface area contributed by atoms with Crippen LogP contribution >= 0.6 is 17.0 Å². The van der Waals surface area contributed by atoms with Crippen molar-refractivity contribution in [3.8, 4) is 0 Å². The average molecular weight is 305 g/mol. The number of halogens is 1. The van der Waals surface area contributed by atoms with Gasteiger partial charge in [-0.1, -0.05) is 23.8 Å². The van der Waals surface area contributed by atoms with Crippen LogP contribution in [0.15, 0.2) is 18.2 Å². The Hall–Kier alpha value is -0.395. The molecule has 1 aromatic rings. The van der Waals surface area contributed by atoms with E-state index in [4.69, 9.17) is 0 Å². The van der Waals surface area contributed by atoms with Crippen molar-refractivity contribution < 1.29 is 10.0 Å². The molecule has 0 fully saturated rings. The number of rotatable bonds is 4. The van der Waals surface area contributed by atoms with Gasteiger partial charge in [0.2, 0.25) is 0 Å². The molecule has 0 aliphatic rings. The molecule has 0 spiro atoms. The van der Waals surface area contributed by atoms with Crippen LogP contribution < -0.4 is 11.6 Å². The van der Waals surface area contributed by atoms with Crippen molar-refractivity contribution in [3.05, 3.63) is 29.3 Å². The first-order chi connectivity index (χ1) is 7.00. The first kappa shape index (κ1) is 19.0. The highest BCUT2D eigenvalue weighted by Gasteiger charge is 2.15. The monoisotopic (exact) mass is 304 g/mol. The van der Waals surface area contributed by atoms with E-state index < -0.39 is 7.12 Å². The van der Waals surface area contributed by atoms with E-state index in [1.54, 1.807) is 6.07 Å². The molecule has 5 N–H and O–H groups in total. The maximum absolute atomic E-state index is 9.20. The van der Waals surface area contributed by atoms with Gasteiger partial charge in [0, 0.05) is 6.54 Å². The quantitative estimate of drug-likeness (QED) is 0.709. The van der Waals surface area contributed by atoms with Crippen LogP contribution in [-0.4, -0.2) is 42.7 Å². The van der Waals surface area contributed by atoms with Crippen LogP contribution in [0.1, 0.15) is 11.1 Å². The van der Waals surface area contributed by atoms with Gasteiger partial charge >= 0.3 is 7.12 Å². The zero-order valence-electron chi connectivity index (χ0n) is 10.7. The van der Waals surface area contributed by atoms with E-state index in [1.807, 2.05) is 33.2 Å². The molecule has 17 heavy (non-hydrogen) atoms. The maximum atomic E-state index is 9.20. The minimum atomic E-state index is -1.37. The van der Waals surface area contributed by atoms with Crippen molar-refractivity contribution in [3.63, 3.8) is 0 Å². The Labute approximate surface area is 114 Å². The molecule has 98 valence electrons. The lowest BCUT2D eigenvalue weighted by Crippen LogP contribution is -2.34. The molecule has 0 aliphatic heterocycles. The molecule has 0 aromatic heterocycles. The number of nitrogens with zero attached hydrogens (tertiary/aromatic N) is 1. The van der Waals surface area contributed by atoms with Crippen molar-refractivity contribution in [1.29, 1.82) is 0 Å². The summed E-state index contributed by atoms with van der Waals surface area (Å²) in [5, 5.41) is 18.4. The number of likely N-dealkylation sites (N-methyl/N-ethyl adjacent to an activating group) is 1. The Morgan fingerprint density at radius 3 is 2.29 bits per heavy atom. The molecule has 0 amide bonds. The highest BCUT2D eigenvalue weighted by atomic mass is 79.9. The summed E-state index contributed by atoms with van der Waals surface area (Å²) in [5.41, 5.74) is 2.77. The lowest BCUT2D eigenvalue weighted by molar-refractivity contribution is 0.411. The first-order valence-corrected chi connectivity index (χ1v) is 5.11. The van der Waals surface area contributed by atoms with Gasteiger partial charge in [0.15, 0.2) is 0 Å². The molecule has 6 heteroatoms. The van der Waals surface area contributed by atoms with Crippen molar-refractivity contribution in [2.45, 2.75) is 13.3 Å². The Bertz CT molecular complexity index is 335. The van der Waals surface area contributed by atoms with Crippen LogP contribution in [-0.2, 0) is 6.42 Å². The highest BCUT2D eigenvalue weighted by molar-refractivity contribution is 8.93. The molecule has 0 saturated carbocycles. The predicted molar refractivity (Wildman–Crippen MR) is 78.6 cm³/mol. The number of hydrogen-bond acceptors (Lipinski definition) is 4. The van der Waals surface area contributed by atoms with Gasteiger partial charge in [0.25, 0.3) is 0 Å². The van der Waals surface area contributed by atoms with Crippen LogP contribution in [0.3, 0.4) is 0 Å². The van der Waals surface area contributed by atoms with Crippen LogP contribution in [0, 0.1) is 6.92 Å². The molecular formula is C11H22BBrN2O2. The zero-order chi connectivity index (χ0) is 11.4. The third-order valence-corrected chi connectivity index (χ3v) is 2.41. The second kappa shape index (κ2) is 8.66. The lowest BCUT2D eigenvalue weighted by Gasteiger charge is -2.13. The van der Waals surface area contributed by atoms with Crippen molar-refractivity contribution in [2.75, 3.05) is 20.6 Å². The number of aryl methyl sites for hydroxylation is 1. The third-order valence-electron chi connectivity index (χ3n) is 2.41. The normalized spacial score (nSPS) is 9.53. The molecule has 0 unspecified atom stereocenters. The summed E-state index contributed by atoms with van der Waals surface area (Å²) < 4.78 is 0. The fourth-order valence-corrected chi connectivity index (χ4v) is 1.55. The molecule has 0 aliphatic carbocycles. The fourth-order valence-electron chi connectivity index (χ4n) is 1.55. The van der Waals surface area contributed by atoms with Gasteiger partial charge in [0.1, 0.15) is 0 Å². The van der Waals surface area contributed by atoms with Crippen LogP contribution in [0.4, 0.5) is 0 Å². The summed E-state index contributed by atoms with van der Waals surface area (Å²) >= 11 is 0. The summed E-state index contributed by atoms with van der Waals surface area (Å²) in [4.78, 5) is 2.08. The van der Waals surface area contributed by atoms with Crippen LogP contribution in [0.5, 0.6) is 0 Å². The Kier molecular flexibility index (Phi) is 9.66. The summed E-state index contributed by atoms with van der Waals surface area (Å²) in [7, 11) is 2.64. The topological polar surface area (TPSA) is 78.7 Å². The summed E-state index contributed by atoms with van der Waals surface area (Å²) in [5.74, 6) is 0. The molecule has 0 atom stereocenters. The Morgan fingerprint density at radius 2 is 1.82 bits per heavy atom. The van der Waals surface area contributed by atoms with E-state index in [1.165, 1.54) is 0 Å². The molecule has 0 heterocycles. The largest absolute Gasteiger partial charge is 0.488 e. The Balaban J connectivity index is 0. The van der Waals surface area contributed by atoms with E-state index in [9.17, 15) is 10.0 Å². The highest BCUT2D eigenvalue weighted by Crippen LogP contribution is 2.04. The van der Waals surface area contributed by atoms with E-state index in [2.05, 4.69) is 4.90 Å². The maximum Gasteiger partial charge on any atom is 0.488 e. The third kappa shape index (κ3) is 6.19. The van der Waals surface area contributed by atoms with Crippen molar-refractivity contribution in [2.24, 2.45) is 0 Å². The van der Waals surface area contributed by atoms with Crippen LogP contribution in [0.2, 0.25) is 0 Å². The predicted octanol–water partition coefficient (Wildman–Crippen LogP) is 0.519. The number of benzene rings is 1. The Morgan fingerprint density at radius 1 is 1.24 bits per heavy atom. The standard InChI is InChI=1S/C11H18BNO2.BrH.H3N/c1-9-4-5-11(12(14)15)10(8-9)6-7-13(2)3;;/h4-5,8,14-15H,6-7H2,1-3H3;1H;1H3. The van der Waals surface area contributed by atoms with Gasteiger partial charge < -0.3 is 21.1 Å². The second-order valence-electron chi connectivity index (χ2n) is 4.13. The molecule has 0 saturated heterocycles. The zero-order valence-corrected chi connectivity index (χ0v) is 12.4. The van der Waals surface area contributed by atoms with E-state index >= 15 is 0 Å². The smallest absolute Gasteiger partial charge is 0.423 e. The summed E-state index contributed by atoms with van der Waals surface area (Å²) in [6.45, 7) is 2.91. The van der Waals surface area contributed by atoms with E-state index in [0.717, 1.165) is 24.1 Å². The first-order valence-electron chi connectivity index (χ1n) is 5.11. The fraction of sp³-hybridized carbons (Fsp3) is 0.455. The molecule has 1 aromatic carbocycles. The van der Waals surface area contributed by atoms with Gasteiger partial charge in [-0.25, -0.2) is 0 Å². The minimum Gasteiger partial charge on any atom is -0.423 e. The van der Waals surface area contributed by atoms with Gasteiger partial charge in [-0.05, 0) is 38.5 Å². The minimum absolute atomic E-state index is 0. The van der Waals surface area contributed by atoms with E-state index in [0.29, 0.717) is 5.46 Å². The van der Waals surface area contributed by atoms with Gasteiger partial charge in [-0.15, -0.1) is 17.0 Å². The average Bonchev–Trinajstić information content (AvgIpc) is 2.14. The van der Waals surface area contributed by atoms with Crippen molar-refractivity contribution >= 4 is 29.6 Å². The summed E-state index contributed by atoms with van der Waals surface area (Å²) in [6.07, 6.45) is 0.835. The molecule has 0 bridgehead atoms. The SMILES string of the molecule is Br.Cc1ccc(B(O)O)c(CCN(C)C)c1.N. The van der Waals surface area contributed by atoms with Gasteiger partial charge in [-0.2, -0.15) is 0 Å².